The molecule has 7 heteroatoms. The molecule has 2 rings (SSSR count). The van der Waals surface area contributed by atoms with Gasteiger partial charge < -0.3 is 19.8 Å². The van der Waals surface area contributed by atoms with Crippen LogP contribution in [0, 0.1) is 13.8 Å². The maximum atomic E-state index is 12.5. The van der Waals surface area contributed by atoms with Gasteiger partial charge in [-0.2, -0.15) is 0 Å². The molecule has 1 heterocycles. The molecule has 1 aromatic carbocycles. The number of aromatic nitrogens is 1. The number of hydrogen-bond acceptors (Lipinski definition) is 4. The second-order valence-corrected chi connectivity index (χ2v) is 6.13. The highest BCUT2D eigenvalue weighted by atomic mass is 79.9. The first kappa shape index (κ1) is 18.2. The lowest BCUT2D eigenvalue weighted by Crippen LogP contribution is -2.14. The minimum Gasteiger partial charge on any atom is -0.460 e. The van der Waals surface area contributed by atoms with E-state index in [1.165, 1.54) is 7.11 Å². The molecule has 0 fully saturated rings. The fourth-order valence-electron chi connectivity index (χ4n) is 2.33. The van der Waals surface area contributed by atoms with Gasteiger partial charge in [-0.15, -0.1) is 0 Å². The topological polar surface area (TPSA) is 80.4 Å². The summed E-state index contributed by atoms with van der Waals surface area (Å²) in [6.07, 6.45) is 0. The van der Waals surface area contributed by atoms with Crippen LogP contribution in [0.3, 0.4) is 0 Å². The Balaban J connectivity index is 2.18. The molecule has 0 radical (unpaired) electrons. The van der Waals surface area contributed by atoms with Crippen molar-refractivity contribution in [1.82, 2.24) is 4.98 Å². The summed E-state index contributed by atoms with van der Waals surface area (Å²) >= 11 is 3.36. The zero-order chi connectivity index (χ0) is 17.7. The normalized spacial score (nSPS) is 10.5. The van der Waals surface area contributed by atoms with Gasteiger partial charge in [-0.25, -0.2) is 4.79 Å². The Bertz CT molecular complexity index is 755. The van der Waals surface area contributed by atoms with E-state index in [0.29, 0.717) is 34.8 Å². The molecule has 0 bridgehead atoms. The van der Waals surface area contributed by atoms with E-state index in [1.807, 2.05) is 12.1 Å². The number of carbonyl (C=O) groups excluding carboxylic acids is 2. The highest BCUT2D eigenvalue weighted by Crippen LogP contribution is 2.21. The van der Waals surface area contributed by atoms with Gasteiger partial charge in [0, 0.05) is 23.0 Å². The van der Waals surface area contributed by atoms with Gasteiger partial charge in [-0.1, -0.05) is 22.0 Å². The second kappa shape index (κ2) is 8.12. The lowest BCUT2D eigenvalue weighted by Gasteiger charge is -2.06. The lowest BCUT2D eigenvalue weighted by molar-refractivity contribution is 0.0387. The van der Waals surface area contributed by atoms with Gasteiger partial charge in [0.15, 0.2) is 0 Å². The maximum absolute atomic E-state index is 12.5. The molecule has 0 spiro atoms. The van der Waals surface area contributed by atoms with Gasteiger partial charge in [0.1, 0.15) is 12.3 Å². The third kappa shape index (κ3) is 4.24. The van der Waals surface area contributed by atoms with Gasteiger partial charge in [0.2, 0.25) is 0 Å². The molecule has 24 heavy (non-hydrogen) atoms. The predicted octanol–water partition coefficient (Wildman–Crippen LogP) is 3.45. The number of esters is 1. The van der Waals surface area contributed by atoms with E-state index in [0.717, 1.165) is 4.47 Å². The monoisotopic (exact) mass is 394 g/mol. The van der Waals surface area contributed by atoms with Crippen LogP contribution in [-0.4, -0.2) is 37.2 Å². The zero-order valence-electron chi connectivity index (χ0n) is 13.7. The van der Waals surface area contributed by atoms with Crippen molar-refractivity contribution in [2.24, 2.45) is 0 Å². The number of H-pyrrole nitrogens is 1. The van der Waals surface area contributed by atoms with Crippen LogP contribution in [0.15, 0.2) is 28.7 Å². The summed E-state index contributed by atoms with van der Waals surface area (Å²) in [6, 6.07) is 7.27. The Morgan fingerprint density at radius 2 is 2.00 bits per heavy atom. The van der Waals surface area contributed by atoms with Crippen molar-refractivity contribution < 1.29 is 19.1 Å². The molecule has 2 N–H and O–H groups in total. The van der Waals surface area contributed by atoms with Crippen molar-refractivity contribution in [3.63, 3.8) is 0 Å². The molecule has 0 saturated carbocycles. The summed E-state index contributed by atoms with van der Waals surface area (Å²) in [5.41, 5.74) is 2.53. The summed E-state index contributed by atoms with van der Waals surface area (Å²) in [4.78, 5) is 27.6. The molecule has 128 valence electrons. The fourth-order valence-corrected chi connectivity index (χ4v) is 2.73. The van der Waals surface area contributed by atoms with Crippen molar-refractivity contribution >= 4 is 33.5 Å². The van der Waals surface area contributed by atoms with Gasteiger partial charge in [0.25, 0.3) is 5.91 Å². The van der Waals surface area contributed by atoms with Crippen LogP contribution in [0.2, 0.25) is 0 Å². The Morgan fingerprint density at radius 1 is 1.25 bits per heavy atom. The lowest BCUT2D eigenvalue weighted by atomic mass is 10.1. The summed E-state index contributed by atoms with van der Waals surface area (Å²) in [7, 11) is 1.53. The van der Waals surface area contributed by atoms with Crippen LogP contribution in [0.1, 0.15) is 32.1 Å². The predicted molar refractivity (Wildman–Crippen MR) is 94.5 cm³/mol. The number of nitrogens with one attached hydrogen (secondary N) is 2. The maximum Gasteiger partial charge on any atom is 0.340 e. The number of carbonyl (C=O) groups is 2. The van der Waals surface area contributed by atoms with Crippen LogP contribution >= 0.6 is 15.9 Å². The molecule has 0 aliphatic rings. The van der Waals surface area contributed by atoms with E-state index >= 15 is 0 Å². The molecule has 6 nitrogen and oxygen atoms in total. The highest BCUT2D eigenvalue weighted by Gasteiger charge is 2.23. The van der Waals surface area contributed by atoms with Crippen molar-refractivity contribution in [2.75, 3.05) is 25.6 Å². The number of benzene rings is 1. The van der Waals surface area contributed by atoms with E-state index in [4.69, 9.17) is 9.47 Å². The molecular formula is C17H19BrN2O4. The van der Waals surface area contributed by atoms with E-state index < -0.39 is 5.97 Å². The number of methoxy groups -OCH3 is 1. The largest absolute Gasteiger partial charge is 0.460 e. The number of aryl methyl sites for hydroxylation is 1. The van der Waals surface area contributed by atoms with Gasteiger partial charge >= 0.3 is 5.97 Å². The summed E-state index contributed by atoms with van der Waals surface area (Å²) in [6.45, 7) is 3.94. The van der Waals surface area contributed by atoms with E-state index in [1.54, 1.807) is 26.0 Å². The van der Waals surface area contributed by atoms with Crippen molar-refractivity contribution in [3.8, 4) is 0 Å². The average Bonchev–Trinajstić information content (AvgIpc) is 2.82. The zero-order valence-corrected chi connectivity index (χ0v) is 15.3. The Morgan fingerprint density at radius 3 is 2.67 bits per heavy atom. The first-order chi connectivity index (χ1) is 11.4. The molecule has 1 aromatic heterocycles. The van der Waals surface area contributed by atoms with Gasteiger partial charge in [-0.05, 0) is 37.6 Å². The van der Waals surface area contributed by atoms with Gasteiger partial charge in [-0.3, -0.25) is 4.79 Å². The first-order valence-electron chi connectivity index (χ1n) is 7.36. The van der Waals surface area contributed by atoms with Crippen LogP contribution in [-0.2, 0) is 9.47 Å². The quantitative estimate of drug-likeness (QED) is 0.580. The van der Waals surface area contributed by atoms with Gasteiger partial charge in [0.05, 0.1) is 12.2 Å². The van der Waals surface area contributed by atoms with Crippen molar-refractivity contribution in [3.05, 3.63) is 51.3 Å². The summed E-state index contributed by atoms with van der Waals surface area (Å²) < 4.78 is 10.9. The first-order valence-corrected chi connectivity index (χ1v) is 8.15. The second-order valence-electron chi connectivity index (χ2n) is 5.22. The van der Waals surface area contributed by atoms with Crippen molar-refractivity contribution in [1.29, 1.82) is 0 Å². The molecule has 0 unspecified atom stereocenters. The molecule has 0 atom stereocenters. The minimum atomic E-state index is -0.472. The number of aromatic amines is 1. The third-order valence-electron chi connectivity index (χ3n) is 3.47. The van der Waals surface area contributed by atoms with E-state index in [9.17, 15) is 9.59 Å². The van der Waals surface area contributed by atoms with Crippen LogP contribution in [0.4, 0.5) is 5.69 Å². The van der Waals surface area contributed by atoms with Crippen LogP contribution in [0.5, 0.6) is 0 Å². The Hall–Kier alpha value is -2.12. The number of amides is 1. The fraction of sp³-hybridized carbons (Fsp3) is 0.294. The average molecular weight is 395 g/mol. The SMILES string of the molecule is COCCOC(=O)c1c(C)[nH]c(C(=O)Nc2cccc(Br)c2)c1C. The highest BCUT2D eigenvalue weighted by molar-refractivity contribution is 9.10. The molecular weight excluding hydrogens is 376 g/mol. The smallest absolute Gasteiger partial charge is 0.340 e. The molecule has 0 aliphatic carbocycles. The number of hydrogen-bond donors (Lipinski definition) is 2. The summed E-state index contributed by atoms with van der Waals surface area (Å²) in [5.74, 6) is -0.788. The molecule has 2 aromatic rings. The van der Waals surface area contributed by atoms with Crippen molar-refractivity contribution in [2.45, 2.75) is 13.8 Å². The van der Waals surface area contributed by atoms with Crippen LogP contribution in [0.25, 0.3) is 0 Å². The van der Waals surface area contributed by atoms with E-state index in [-0.39, 0.29) is 12.5 Å². The standard InChI is InChI=1S/C17H19BrN2O4/c1-10-14(17(22)24-8-7-23-3)11(2)19-15(10)16(21)20-13-6-4-5-12(18)9-13/h4-6,9,19H,7-8H2,1-3H3,(H,20,21). The Kier molecular flexibility index (Phi) is 6.16. The van der Waals surface area contributed by atoms with E-state index in [2.05, 4.69) is 26.2 Å². The minimum absolute atomic E-state index is 0.166. The molecule has 0 saturated heterocycles. The number of halogens is 1. The molecule has 0 aliphatic heterocycles. The third-order valence-corrected chi connectivity index (χ3v) is 3.97. The number of anilines is 1. The molecule has 1 amide bonds. The number of ether oxygens (including phenoxy) is 2. The summed E-state index contributed by atoms with van der Waals surface area (Å²) in [5, 5.41) is 2.80. The van der Waals surface area contributed by atoms with Crippen LogP contribution < -0.4 is 5.32 Å². The Labute approximate surface area is 148 Å². The number of rotatable bonds is 6.